The number of nitrogens with one attached hydrogen (secondary N) is 11. The van der Waals surface area contributed by atoms with Gasteiger partial charge in [-0.2, -0.15) is 0 Å². The van der Waals surface area contributed by atoms with Crippen molar-refractivity contribution in [1.82, 2.24) is 46.5 Å². The molecule has 12 rings (SSSR count). The fourth-order valence-corrected chi connectivity index (χ4v) is 10.2. The van der Waals surface area contributed by atoms with E-state index in [-0.39, 0.29) is 90.5 Å². The Kier molecular flexibility index (Phi) is 28.2. The van der Waals surface area contributed by atoms with Crippen molar-refractivity contribution >= 4 is 115 Å². The first-order valence-electron chi connectivity index (χ1n) is 34.0. The first kappa shape index (κ1) is 84.5. The number of nitrogens with two attached hydrogens (primary N) is 1. The van der Waals surface area contributed by atoms with Gasteiger partial charge in [0.15, 0.2) is 18.7 Å². The Bertz CT molecular complexity index is 5080. The molecular weight excluding hydrogens is 1420 g/mol. The summed E-state index contributed by atoms with van der Waals surface area (Å²) < 4.78 is 31.6. The highest BCUT2D eigenvalue weighted by Crippen LogP contribution is 2.37. The van der Waals surface area contributed by atoms with Crippen LogP contribution < -0.4 is 71.4 Å². The van der Waals surface area contributed by atoms with Crippen LogP contribution in [-0.2, 0) is 0 Å². The van der Waals surface area contributed by atoms with E-state index in [0.717, 1.165) is 27.6 Å². The molecular formula is C78H92N12O20. The van der Waals surface area contributed by atoms with Gasteiger partial charge in [0.05, 0.1) is 88.2 Å². The number of aromatic amines is 4. The second-order valence-corrected chi connectivity index (χ2v) is 27.5. The number of hydrogen-bond acceptors (Lipinski definition) is 20. The molecule has 4 aromatic heterocycles. The smallest absolute Gasteiger partial charge is 0.352 e. The van der Waals surface area contributed by atoms with E-state index < -0.39 is 46.0 Å². The highest BCUT2D eigenvalue weighted by atomic mass is 16.5. The number of urea groups is 2. The molecule has 18 N–H and O–H groups in total. The van der Waals surface area contributed by atoms with E-state index in [0.29, 0.717) is 85.0 Å². The average Bonchev–Trinajstić information content (AvgIpc) is 1.63. The molecule has 0 saturated carbocycles. The zero-order chi connectivity index (χ0) is 81.2. The van der Waals surface area contributed by atoms with Crippen LogP contribution in [0.15, 0.2) is 127 Å². The molecule has 10 aromatic rings. The minimum Gasteiger partial charge on any atom is -0.497 e. The summed E-state index contributed by atoms with van der Waals surface area (Å²) in [5, 5.41) is 66.3. The molecule has 32 nitrogen and oxygen atoms in total. The Labute approximate surface area is 631 Å². The number of benzene rings is 6. The summed E-state index contributed by atoms with van der Waals surface area (Å²) >= 11 is 0. The lowest BCUT2D eigenvalue weighted by molar-refractivity contribution is 0.0689. The zero-order valence-corrected chi connectivity index (χ0v) is 63.2. The maximum absolute atomic E-state index is 13.2. The number of Topliss-reactive ketones (excluding diaryl/α,β-unsaturated/α-hetero) is 2. The van der Waals surface area contributed by atoms with E-state index in [1.807, 2.05) is 18.2 Å². The summed E-state index contributed by atoms with van der Waals surface area (Å²) in [7, 11) is 9.26. The molecule has 0 unspecified atom stereocenters. The third-order valence-electron chi connectivity index (χ3n) is 16.3. The molecule has 0 saturated heterocycles. The number of carboxylic acid groups (broad SMARTS) is 1. The van der Waals surface area contributed by atoms with Crippen LogP contribution in [0.3, 0.4) is 0 Å². The molecule has 0 bridgehead atoms. The average molecular weight is 1520 g/mol. The summed E-state index contributed by atoms with van der Waals surface area (Å²) in [5.41, 5.74) is 9.15. The quantitative estimate of drug-likeness (QED) is 0.0265. The minimum absolute atomic E-state index is 0.0243. The number of carbonyl (C=O) groups excluding carboxylic acids is 8. The molecule has 584 valence electrons. The second kappa shape index (κ2) is 36.7. The molecule has 6 aromatic carbocycles. The maximum Gasteiger partial charge on any atom is 0.352 e. The number of aromatic carboxylic acids is 1. The van der Waals surface area contributed by atoms with E-state index in [1.165, 1.54) is 40.5 Å². The molecule has 32 heteroatoms. The van der Waals surface area contributed by atoms with E-state index >= 15 is 0 Å². The number of ketones is 2. The van der Waals surface area contributed by atoms with Crippen LogP contribution in [0.1, 0.15) is 134 Å². The Hall–Kier alpha value is -12.8. The van der Waals surface area contributed by atoms with Gasteiger partial charge in [-0.25, -0.2) is 14.4 Å². The van der Waals surface area contributed by atoms with E-state index in [9.17, 15) is 53.4 Å². The van der Waals surface area contributed by atoms with Crippen molar-refractivity contribution in [2.24, 2.45) is 5.73 Å². The zero-order valence-electron chi connectivity index (χ0n) is 63.2. The monoisotopic (exact) mass is 1520 g/mol. The number of ether oxygens (including phenoxy) is 6. The fourth-order valence-electron chi connectivity index (χ4n) is 10.2. The van der Waals surface area contributed by atoms with Gasteiger partial charge in [-0.1, -0.05) is 0 Å². The number of rotatable bonds is 19. The van der Waals surface area contributed by atoms with Crippen LogP contribution in [0.2, 0.25) is 0 Å². The van der Waals surface area contributed by atoms with Gasteiger partial charge in [0.1, 0.15) is 57.3 Å². The number of fused-ring (bicyclic) bond motifs is 6. The van der Waals surface area contributed by atoms with Crippen molar-refractivity contribution in [3.63, 3.8) is 0 Å². The number of aliphatic hydroxyl groups is 4. The topological polar surface area (TPSA) is 484 Å². The van der Waals surface area contributed by atoms with Crippen molar-refractivity contribution in [1.29, 1.82) is 0 Å². The molecule has 2 aliphatic rings. The van der Waals surface area contributed by atoms with Crippen LogP contribution in [0.25, 0.3) is 49.7 Å². The number of aldehydes is 1. The summed E-state index contributed by atoms with van der Waals surface area (Å²) in [4.78, 5) is 118. The normalized spacial score (nSPS) is 12.4. The number of carbonyl (C=O) groups is 9. The summed E-state index contributed by atoms with van der Waals surface area (Å²) in [6.07, 6.45) is 2.15. The lowest BCUT2D eigenvalue weighted by atomic mass is 10.0. The van der Waals surface area contributed by atoms with Crippen molar-refractivity contribution in [3.8, 4) is 34.5 Å². The number of aromatic nitrogens is 4. The Morgan fingerprint density at radius 2 is 0.900 bits per heavy atom. The Balaban J connectivity index is 0.000000195. The summed E-state index contributed by atoms with van der Waals surface area (Å²) in [5.74, 6) is 1.03. The van der Waals surface area contributed by atoms with Gasteiger partial charge >= 0.3 is 18.0 Å². The van der Waals surface area contributed by atoms with Crippen LogP contribution >= 0.6 is 0 Å². The highest BCUT2D eigenvalue weighted by Gasteiger charge is 2.32. The molecule has 0 fully saturated rings. The highest BCUT2D eigenvalue weighted by molar-refractivity contribution is 6.17. The molecule has 110 heavy (non-hydrogen) atoms. The van der Waals surface area contributed by atoms with Gasteiger partial charge in [0, 0.05) is 80.2 Å². The van der Waals surface area contributed by atoms with Gasteiger partial charge in [0.2, 0.25) is 11.6 Å². The number of methoxy groups -OCH3 is 4. The lowest BCUT2D eigenvalue weighted by Crippen LogP contribution is -2.46. The molecule has 0 spiro atoms. The molecule has 0 atom stereocenters. The third-order valence-corrected chi connectivity index (χ3v) is 16.3. The summed E-state index contributed by atoms with van der Waals surface area (Å²) in [6.45, 7) is 13.4. The minimum atomic E-state index is -0.958. The van der Waals surface area contributed by atoms with E-state index in [1.54, 1.807) is 167 Å². The van der Waals surface area contributed by atoms with Gasteiger partial charge in [-0.05, 0) is 183 Å². The maximum atomic E-state index is 13.2. The van der Waals surface area contributed by atoms with Crippen molar-refractivity contribution < 1.29 is 97.1 Å². The lowest BCUT2D eigenvalue weighted by Gasteiger charge is -2.23. The van der Waals surface area contributed by atoms with Gasteiger partial charge in [0.25, 0.3) is 17.7 Å². The first-order valence-corrected chi connectivity index (χ1v) is 34.0. The van der Waals surface area contributed by atoms with Crippen molar-refractivity contribution in [2.45, 2.75) is 77.5 Å². The SMILES string of the molecule is CC(C)(N)CO.CNC(=O)Nc1ccc2c(c1)C(=O)/C(=C/c1c(C(=O)NC(C)(C)CO)[nH]c3ccc(OC)cc13)O2.CNC(=O)Nc1ccc2c(c1)C(=O)CO2.COc1ccc2[nH]c(C(=O)NC(C)(C)CO)c(C=O)c2c1.COc1ccc2[nH]c(C(=O)NC(C)(C)CO)cc2c1.COc1ccc2[nH]c(C(=O)O)cc2c1. The number of amides is 7. The molecule has 0 radical (unpaired) electrons. The van der Waals surface area contributed by atoms with Crippen molar-refractivity contribution in [3.05, 3.63) is 172 Å². The molecule has 7 amide bonds. The molecule has 0 aliphatic carbocycles. The van der Waals surface area contributed by atoms with Gasteiger partial charge in [-0.3, -0.25) is 28.8 Å². The Morgan fingerprint density at radius 1 is 0.500 bits per heavy atom. The van der Waals surface area contributed by atoms with Crippen LogP contribution in [0.5, 0.6) is 34.5 Å². The number of anilines is 2. The number of H-pyrrole nitrogens is 4. The Morgan fingerprint density at radius 3 is 1.33 bits per heavy atom. The van der Waals surface area contributed by atoms with Crippen LogP contribution in [0, 0.1) is 0 Å². The predicted octanol–water partition coefficient (Wildman–Crippen LogP) is 8.82. The predicted molar refractivity (Wildman–Crippen MR) is 415 cm³/mol. The number of hydrogen-bond donors (Lipinski definition) is 17. The number of carboxylic acids is 1. The molecule has 6 heterocycles. The largest absolute Gasteiger partial charge is 0.497 e. The van der Waals surface area contributed by atoms with Gasteiger partial charge in [-0.15, -0.1) is 0 Å². The van der Waals surface area contributed by atoms with E-state index in [4.69, 9.17) is 49.5 Å². The van der Waals surface area contributed by atoms with Gasteiger partial charge < -0.3 is 117 Å². The van der Waals surface area contributed by atoms with Crippen LogP contribution in [0.4, 0.5) is 21.0 Å². The van der Waals surface area contributed by atoms with Crippen molar-refractivity contribution in [2.75, 3.05) is 86.2 Å². The number of aliphatic hydroxyl groups excluding tert-OH is 4. The third kappa shape index (κ3) is 22.2. The number of allylic oxidation sites excluding steroid dienone is 1. The first-order chi connectivity index (χ1) is 52.0. The summed E-state index contributed by atoms with van der Waals surface area (Å²) in [6, 6.07) is 33.7. The fraction of sp³-hybridized carbons (Fsp3) is 0.295. The van der Waals surface area contributed by atoms with E-state index in [2.05, 4.69) is 57.2 Å². The molecule has 2 aliphatic heterocycles. The second-order valence-electron chi connectivity index (χ2n) is 27.5. The van der Waals surface area contributed by atoms with Crippen LogP contribution in [-0.4, -0.2) is 197 Å². The standard InChI is InChI=1S/C25H26N4O6.C15H18N2O4.C14H18N2O3.C10H10N2O3.C10H9NO3.C4H11NO/c1-25(2,12-30)29-23(32)21-16(15-10-14(34-4)6-7-18(15)28-21)11-20-22(31)17-9-13(27-24(33)26-3)5-8-19(17)35-20;1-15(2,8-19)17-14(20)13-11(7-18)10-6-9(21-3)4-5-12(10)16-13;1-14(2,8-17)16-13(18)12-7-9-6-10(19-3)4-5-11(9)15-12;1-11-10(14)12-6-2-3-9-7(4-6)8(13)5-15-9;1-14-7-2-3-8-6(4-7)5-9(11-8)10(12)13;1-4(2,5)3-6/h5-11,28,30H,12H2,1-4H3,(H,29,32)(H2,26,27,33);4-7,16,19H,8H2,1-3H3,(H,17,20);4-7,15,17H,8H2,1-3H3,(H,16,18);2-4H,5H2,1H3,(H2,11,12,14);2-5,11H,1H3,(H,12,13);6H,3,5H2,1-2H3/b20-11-;;;;;.